The second-order valence-electron chi connectivity index (χ2n) is 7.09. The summed E-state index contributed by atoms with van der Waals surface area (Å²) in [5.74, 6) is -1.79. The lowest BCUT2D eigenvalue weighted by Gasteiger charge is -2.10. The minimum Gasteiger partial charge on any atom is -0.462 e. The highest BCUT2D eigenvalue weighted by molar-refractivity contribution is 6.02. The monoisotopic (exact) mass is 447 g/mol. The van der Waals surface area contributed by atoms with E-state index in [1.165, 1.54) is 6.08 Å². The first kappa shape index (κ1) is 23.5. The van der Waals surface area contributed by atoms with Crippen LogP contribution in [0, 0.1) is 13.8 Å². The Bertz CT molecular complexity index is 1180. The number of hydrogen-bond donors (Lipinski definition) is 1. The van der Waals surface area contributed by atoms with Crippen LogP contribution in [0.3, 0.4) is 0 Å². The number of aromatic nitrogens is 2. The first-order valence-electron chi connectivity index (χ1n) is 10.4. The highest BCUT2D eigenvalue weighted by Crippen LogP contribution is 2.19. The molecule has 0 bridgehead atoms. The van der Waals surface area contributed by atoms with Crippen molar-refractivity contribution in [2.75, 3.05) is 18.5 Å². The maximum absolute atomic E-state index is 12.2. The number of ether oxygens (including phenoxy) is 2. The van der Waals surface area contributed by atoms with Crippen LogP contribution < -0.4 is 5.32 Å². The maximum Gasteiger partial charge on any atom is 0.340 e. The molecule has 0 atom stereocenters. The molecule has 1 heterocycles. The molecule has 0 spiro atoms. The Morgan fingerprint density at radius 1 is 1.00 bits per heavy atom. The van der Waals surface area contributed by atoms with E-state index in [0.717, 1.165) is 22.6 Å². The minimum absolute atomic E-state index is 0.217. The topological polar surface area (TPSA) is 99.5 Å². The molecule has 1 aromatic heterocycles. The van der Waals surface area contributed by atoms with Gasteiger partial charge in [-0.15, -0.1) is 0 Å². The summed E-state index contributed by atoms with van der Waals surface area (Å²) in [6, 6.07) is 16.1. The molecule has 3 rings (SSSR count). The Balaban J connectivity index is 1.60. The second kappa shape index (κ2) is 10.9. The molecule has 0 saturated carbocycles. The summed E-state index contributed by atoms with van der Waals surface area (Å²) in [6.07, 6.45) is 2.87. The molecule has 0 radical (unpaired) electrons. The first-order valence-corrected chi connectivity index (χ1v) is 10.4. The summed E-state index contributed by atoms with van der Waals surface area (Å²) in [7, 11) is 0. The van der Waals surface area contributed by atoms with Gasteiger partial charge in [0.25, 0.3) is 5.91 Å². The van der Waals surface area contributed by atoms with Crippen molar-refractivity contribution in [1.29, 1.82) is 0 Å². The molecule has 0 aliphatic heterocycles. The van der Waals surface area contributed by atoms with Crippen molar-refractivity contribution < 1.29 is 23.9 Å². The number of nitrogens with zero attached hydrogens (tertiary/aromatic N) is 2. The minimum atomic E-state index is -0.671. The molecule has 2 aromatic carbocycles. The van der Waals surface area contributed by atoms with E-state index in [9.17, 15) is 14.4 Å². The zero-order valence-corrected chi connectivity index (χ0v) is 18.7. The fraction of sp³-hybridized carbons (Fsp3) is 0.200. The molecule has 170 valence electrons. The number of carbonyl (C=O) groups is 3. The fourth-order valence-corrected chi connectivity index (χ4v) is 3.22. The summed E-state index contributed by atoms with van der Waals surface area (Å²) >= 11 is 0. The third-order valence-electron chi connectivity index (χ3n) is 4.78. The Morgan fingerprint density at radius 3 is 2.42 bits per heavy atom. The van der Waals surface area contributed by atoms with Gasteiger partial charge >= 0.3 is 11.9 Å². The highest BCUT2D eigenvalue weighted by atomic mass is 16.5. The predicted octanol–water partition coefficient (Wildman–Crippen LogP) is 3.86. The van der Waals surface area contributed by atoms with Crippen LogP contribution in [0.1, 0.15) is 34.2 Å². The molecule has 0 aliphatic carbocycles. The number of hydrogen-bond acceptors (Lipinski definition) is 6. The van der Waals surface area contributed by atoms with Gasteiger partial charge in [0.15, 0.2) is 6.61 Å². The molecule has 33 heavy (non-hydrogen) atoms. The van der Waals surface area contributed by atoms with Gasteiger partial charge in [-0.3, -0.25) is 4.79 Å². The van der Waals surface area contributed by atoms with Gasteiger partial charge in [-0.05, 0) is 51.1 Å². The summed E-state index contributed by atoms with van der Waals surface area (Å²) in [5.41, 5.74) is 3.85. The van der Waals surface area contributed by atoms with Crippen molar-refractivity contribution in [3.05, 3.63) is 83.2 Å². The van der Waals surface area contributed by atoms with Gasteiger partial charge in [-0.1, -0.05) is 30.3 Å². The lowest BCUT2D eigenvalue weighted by Crippen LogP contribution is -2.21. The van der Waals surface area contributed by atoms with Crippen molar-refractivity contribution in [3.8, 4) is 5.69 Å². The Hall–Kier alpha value is -4.20. The number of aryl methyl sites for hydroxylation is 1. The average Bonchev–Trinajstić information content (AvgIpc) is 3.10. The van der Waals surface area contributed by atoms with Crippen molar-refractivity contribution in [2.45, 2.75) is 20.8 Å². The van der Waals surface area contributed by atoms with Crippen molar-refractivity contribution in [3.63, 3.8) is 0 Å². The molecule has 0 aliphatic rings. The van der Waals surface area contributed by atoms with Gasteiger partial charge in [-0.25, -0.2) is 14.3 Å². The van der Waals surface area contributed by atoms with Crippen LogP contribution in [-0.4, -0.2) is 40.8 Å². The van der Waals surface area contributed by atoms with Gasteiger partial charge in [0.1, 0.15) is 0 Å². The smallest absolute Gasteiger partial charge is 0.340 e. The first-order chi connectivity index (χ1) is 15.9. The van der Waals surface area contributed by atoms with E-state index in [2.05, 4.69) is 10.4 Å². The number of amides is 1. The lowest BCUT2D eigenvalue weighted by molar-refractivity contribution is -0.142. The number of rotatable bonds is 8. The molecule has 0 fully saturated rings. The summed E-state index contributed by atoms with van der Waals surface area (Å²) in [5, 5.41) is 7.09. The fourth-order valence-electron chi connectivity index (χ4n) is 3.22. The van der Waals surface area contributed by atoms with Crippen LogP contribution in [-0.2, 0) is 19.1 Å². The molecule has 0 unspecified atom stereocenters. The van der Waals surface area contributed by atoms with Gasteiger partial charge < -0.3 is 14.8 Å². The van der Waals surface area contributed by atoms with Crippen LogP contribution in [0.5, 0.6) is 0 Å². The van der Waals surface area contributed by atoms with E-state index in [1.54, 1.807) is 41.9 Å². The van der Waals surface area contributed by atoms with E-state index in [4.69, 9.17) is 9.47 Å². The lowest BCUT2D eigenvalue weighted by atomic mass is 10.2. The van der Waals surface area contributed by atoms with E-state index < -0.39 is 24.5 Å². The van der Waals surface area contributed by atoms with Crippen molar-refractivity contribution in [2.24, 2.45) is 0 Å². The second-order valence-corrected chi connectivity index (χ2v) is 7.09. The normalized spacial score (nSPS) is 10.8. The molecular weight excluding hydrogens is 422 g/mol. The molecule has 0 saturated heterocycles. The molecule has 1 amide bonds. The molecule has 3 aromatic rings. The van der Waals surface area contributed by atoms with Crippen LogP contribution >= 0.6 is 0 Å². The Kier molecular flexibility index (Phi) is 7.75. The predicted molar refractivity (Wildman–Crippen MR) is 124 cm³/mol. The van der Waals surface area contributed by atoms with Crippen LogP contribution in [0.15, 0.2) is 60.7 Å². The summed E-state index contributed by atoms with van der Waals surface area (Å²) in [4.78, 5) is 36.4. The number of esters is 2. The van der Waals surface area contributed by atoms with Crippen LogP contribution in [0.25, 0.3) is 11.8 Å². The van der Waals surface area contributed by atoms with Crippen molar-refractivity contribution in [1.82, 2.24) is 9.78 Å². The third kappa shape index (κ3) is 5.94. The Labute approximate surface area is 191 Å². The summed E-state index contributed by atoms with van der Waals surface area (Å²) in [6.45, 7) is 5.18. The van der Waals surface area contributed by atoms with Crippen LogP contribution in [0.4, 0.5) is 5.69 Å². The molecular formula is C25H25N3O5. The number of nitrogens with one attached hydrogen (secondary N) is 1. The van der Waals surface area contributed by atoms with Gasteiger partial charge in [0, 0.05) is 17.3 Å². The standard InChI is InChI=1S/C25H25N3O5/c1-4-32-25(31)21-12-8-9-13-22(21)26-23(29)16-33-24(30)15-14-20-17(2)27-28(18(20)3)19-10-6-5-7-11-19/h5-15H,4,16H2,1-3H3,(H,26,29)/b15-14+. The van der Waals surface area contributed by atoms with E-state index >= 15 is 0 Å². The molecule has 8 nitrogen and oxygen atoms in total. The maximum atomic E-state index is 12.2. The molecule has 8 heteroatoms. The number of carbonyl (C=O) groups excluding carboxylic acids is 3. The number of anilines is 1. The average molecular weight is 447 g/mol. The van der Waals surface area contributed by atoms with E-state index in [0.29, 0.717) is 0 Å². The van der Waals surface area contributed by atoms with Gasteiger partial charge in [-0.2, -0.15) is 5.10 Å². The summed E-state index contributed by atoms with van der Waals surface area (Å²) < 4.78 is 11.8. The van der Waals surface area contributed by atoms with Crippen molar-refractivity contribution >= 4 is 29.6 Å². The van der Waals surface area contributed by atoms with Gasteiger partial charge in [0.2, 0.25) is 0 Å². The van der Waals surface area contributed by atoms with E-state index in [1.807, 2.05) is 44.2 Å². The van der Waals surface area contributed by atoms with E-state index in [-0.39, 0.29) is 17.9 Å². The number of benzene rings is 2. The molecule has 1 N–H and O–H groups in total. The zero-order chi connectivity index (χ0) is 23.8. The quantitative estimate of drug-likeness (QED) is 0.416. The Morgan fingerprint density at radius 2 is 1.70 bits per heavy atom. The number of para-hydroxylation sites is 2. The zero-order valence-electron chi connectivity index (χ0n) is 18.7. The highest BCUT2D eigenvalue weighted by Gasteiger charge is 2.15. The van der Waals surface area contributed by atoms with Gasteiger partial charge in [0.05, 0.1) is 29.2 Å². The largest absolute Gasteiger partial charge is 0.462 e. The SMILES string of the molecule is CCOC(=O)c1ccccc1NC(=O)COC(=O)/C=C/c1c(C)nn(-c2ccccc2)c1C. The third-order valence-corrected chi connectivity index (χ3v) is 4.78. The van der Waals surface area contributed by atoms with Crippen LogP contribution in [0.2, 0.25) is 0 Å².